The highest BCUT2D eigenvalue weighted by Gasteiger charge is 2.15. The Hall–Kier alpha value is -3.48. The number of thiophene rings is 2. The molecule has 2 N–H and O–H groups in total. The normalized spacial score (nSPS) is 12.1. The molecule has 154 valence electrons. The monoisotopic (exact) mass is 450 g/mol. The molecule has 0 aliphatic heterocycles. The lowest BCUT2D eigenvalue weighted by molar-refractivity contribution is 1.15. The summed E-state index contributed by atoms with van der Waals surface area (Å²) in [7, 11) is 0. The van der Waals surface area contributed by atoms with E-state index >= 15 is 0 Å². The van der Waals surface area contributed by atoms with Crippen molar-refractivity contribution < 1.29 is 0 Å². The molecule has 0 aliphatic carbocycles. The highest BCUT2D eigenvalue weighted by Crippen LogP contribution is 2.41. The van der Waals surface area contributed by atoms with E-state index in [-0.39, 0.29) is 0 Å². The minimum atomic E-state index is 0.935. The Kier molecular flexibility index (Phi) is 3.69. The number of imidazole rings is 2. The van der Waals surface area contributed by atoms with Crippen molar-refractivity contribution in [3.05, 3.63) is 71.8 Å². The van der Waals surface area contributed by atoms with Crippen LogP contribution < -0.4 is 0 Å². The van der Waals surface area contributed by atoms with Gasteiger partial charge in [0, 0.05) is 36.0 Å². The maximum absolute atomic E-state index is 4.75. The van der Waals surface area contributed by atoms with Crippen molar-refractivity contribution in [3.8, 4) is 21.7 Å². The van der Waals surface area contributed by atoms with Crippen LogP contribution in [0.2, 0.25) is 0 Å². The van der Waals surface area contributed by atoms with Crippen LogP contribution in [0.15, 0.2) is 60.1 Å². The number of H-pyrrole nitrogens is 2. The second kappa shape index (κ2) is 6.51. The molecule has 0 radical (unpaired) electrons. The molecule has 0 atom stereocenters. The summed E-state index contributed by atoms with van der Waals surface area (Å²) in [5.41, 5.74) is 5.68. The molecule has 4 nitrogen and oxygen atoms in total. The summed E-state index contributed by atoms with van der Waals surface area (Å²) in [6.45, 7) is 4.00. The first kappa shape index (κ1) is 18.1. The van der Waals surface area contributed by atoms with Crippen LogP contribution in [-0.4, -0.2) is 19.9 Å². The van der Waals surface area contributed by atoms with Gasteiger partial charge in [-0.3, -0.25) is 0 Å². The number of hydrogen-bond donors (Lipinski definition) is 2. The van der Waals surface area contributed by atoms with Crippen LogP contribution in [0.25, 0.3) is 63.7 Å². The van der Waals surface area contributed by atoms with Crippen LogP contribution in [0.1, 0.15) is 11.6 Å². The average Bonchev–Trinajstić information content (AvgIpc) is 3.57. The van der Waals surface area contributed by atoms with Gasteiger partial charge in [-0.2, -0.15) is 0 Å². The largest absolute Gasteiger partial charge is 0.342 e. The zero-order valence-corrected chi connectivity index (χ0v) is 19.1. The third kappa shape index (κ3) is 2.60. The standard InChI is InChI=1S/C26H18N4S2/c1-13-27-12-21(28-13)15-3-4-17-11-23(32-22(17)10-15)16-5-6-18-20(9-16)26-19(7-8-31-26)25-24(18)29-14(2)30-25/h3-12H,1-2H3,(H,27,28)(H,29,30). The molecule has 4 heterocycles. The number of aromatic amines is 2. The Bertz CT molecular complexity index is 1810. The van der Waals surface area contributed by atoms with Crippen LogP contribution in [0, 0.1) is 13.8 Å². The molecule has 0 amide bonds. The maximum atomic E-state index is 4.75. The summed E-state index contributed by atoms with van der Waals surface area (Å²) in [5, 5.41) is 7.19. The van der Waals surface area contributed by atoms with E-state index in [2.05, 4.69) is 68.9 Å². The molecule has 6 heteroatoms. The van der Waals surface area contributed by atoms with Crippen LogP contribution >= 0.6 is 22.7 Å². The van der Waals surface area contributed by atoms with Crippen molar-refractivity contribution in [1.82, 2.24) is 19.9 Å². The second-order valence-electron chi connectivity index (χ2n) is 8.22. The first-order valence-corrected chi connectivity index (χ1v) is 12.2. The Labute approximate surface area is 191 Å². The molecule has 0 unspecified atom stereocenters. The predicted octanol–water partition coefficient (Wildman–Crippen LogP) is 7.82. The molecule has 0 bridgehead atoms. The Balaban J connectivity index is 1.42. The smallest absolute Gasteiger partial charge is 0.104 e. The number of fused-ring (bicyclic) bond motifs is 7. The number of nitrogens with zero attached hydrogens (tertiary/aromatic N) is 2. The van der Waals surface area contributed by atoms with Gasteiger partial charge in [-0.1, -0.05) is 24.3 Å². The number of nitrogens with one attached hydrogen (secondary N) is 2. The van der Waals surface area contributed by atoms with Gasteiger partial charge in [0.2, 0.25) is 0 Å². The molecular weight excluding hydrogens is 432 g/mol. The predicted molar refractivity (Wildman–Crippen MR) is 137 cm³/mol. The van der Waals surface area contributed by atoms with Gasteiger partial charge in [0.15, 0.2) is 0 Å². The molecule has 7 aromatic rings. The molecule has 0 aliphatic rings. The zero-order chi connectivity index (χ0) is 21.4. The van der Waals surface area contributed by atoms with E-state index in [1.807, 2.05) is 31.4 Å². The SMILES string of the molecule is Cc1ncc(-c2ccc3cc(-c4ccc5c(c4)c4sccc4c4nc(C)[nH]c54)sc3c2)[nH]1. The van der Waals surface area contributed by atoms with Gasteiger partial charge in [0.05, 0.1) is 22.9 Å². The zero-order valence-electron chi connectivity index (χ0n) is 17.5. The fourth-order valence-corrected chi connectivity index (χ4v) is 6.62. The van der Waals surface area contributed by atoms with Crippen LogP contribution in [0.3, 0.4) is 0 Å². The highest BCUT2D eigenvalue weighted by atomic mass is 32.1. The third-order valence-corrected chi connectivity index (χ3v) is 8.19. The van der Waals surface area contributed by atoms with Crippen LogP contribution in [-0.2, 0) is 0 Å². The first-order chi connectivity index (χ1) is 15.6. The fourth-order valence-electron chi connectivity index (χ4n) is 4.60. The maximum Gasteiger partial charge on any atom is 0.104 e. The number of aryl methyl sites for hydroxylation is 2. The lowest BCUT2D eigenvalue weighted by atomic mass is 10.0. The van der Waals surface area contributed by atoms with Gasteiger partial charge >= 0.3 is 0 Å². The van der Waals surface area contributed by atoms with Crippen molar-refractivity contribution in [2.24, 2.45) is 0 Å². The number of benzene rings is 3. The van der Waals surface area contributed by atoms with Crippen molar-refractivity contribution in [3.63, 3.8) is 0 Å². The van der Waals surface area contributed by atoms with Gasteiger partial charge in [0.25, 0.3) is 0 Å². The number of aromatic nitrogens is 4. The Morgan fingerprint density at radius 3 is 2.59 bits per heavy atom. The van der Waals surface area contributed by atoms with Gasteiger partial charge in [-0.05, 0) is 54.4 Å². The van der Waals surface area contributed by atoms with Gasteiger partial charge in [0.1, 0.15) is 11.6 Å². The van der Waals surface area contributed by atoms with E-state index in [4.69, 9.17) is 4.98 Å². The van der Waals surface area contributed by atoms with Crippen LogP contribution in [0.4, 0.5) is 0 Å². The molecule has 3 aromatic carbocycles. The minimum absolute atomic E-state index is 0.935. The van der Waals surface area contributed by atoms with E-state index in [1.54, 1.807) is 11.3 Å². The molecule has 0 fully saturated rings. The van der Waals surface area contributed by atoms with Crippen molar-refractivity contribution in [2.75, 3.05) is 0 Å². The average molecular weight is 451 g/mol. The fraction of sp³-hybridized carbons (Fsp3) is 0.0769. The topological polar surface area (TPSA) is 57.4 Å². The van der Waals surface area contributed by atoms with E-state index < -0.39 is 0 Å². The lowest BCUT2D eigenvalue weighted by Crippen LogP contribution is -1.80. The van der Waals surface area contributed by atoms with Crippen LogP contribution in [0.5, 0.6) is 0 Å². The van der Waals surface area contributed by atoms with E-state index in [0.717, 1.165) is 28.4 Å². The molecule has 0 saturated heterocycles. The minimum Gasteiger partial charge on any atom is -0.342 e. The first-order valence-electron chi connectivity index (χ1n) is 10.5. The number of rotatable bonds is 2. The molecule has 0 saturated carbocycles. The quantitative estimate of drug-likeness (QED) is 0.282. The molecule has 7 rings (SSSR count). The Morgan fingerprint density at radius 1 is 0.812 bits per heavy atom. The lowest BCUT2D eigenvalue weighted by Gasteiger charge is -2.05. The summed E-state index contributed by atoms with van der Waals surface area (Å²) in [6, 6.07) is 17.9. The summed E-state index contributed by atoms with van der Waals surface area (Å²) in [6.07, 6.45) is 1.90. The second-order valence-corrected chi connectivity index (χ2v) is 10.2. The summed E-state index contributed by atoms with van der Waals surface area (Å²) >= 11 is 3.63. The Morgan fingerprint density at radius 2 is 1.72 bits per heavy atom. The molecule has 4 aromatic heterocycles. The van der Waals surface area contributed by atoms with Gasteiger partial charge in [-0.25, -0.2) is 9.97 Å². The highest BCUT2D eigenvalue weighted by molar-refractivity contribution is 7.22. The van der Waals surface area contributed by atoms with Gasteiger partial charge in [-0.15, -0.1) is 22.7 Å². The van der Waals surface area contributed by atoms with Crippen molar-refractivity contribution >= 4 is 64.7 Å². The molecule has 0 spiro atoms. The van der Waals surface area contributed by atoms with Gasteiger partial charge < -0.3 is 9.97 Å². The number of hydrogen-bond acceptors (Lipinski definition) is 4. The van der Waals surface area contributed by atoms with E-state index in [9.17, 15) is 0 Å². The summed E-state index contributed by atoms with van der Waals surface area (Å²) in [4.78, 5) is 17.2. The van der Waals surface area contributed by atoms with Crippen molar-refractivity contribution in [1.29, 1.82) is 0 Å². The van der Waals surface area contributed by atoms with Crippen molar-refractivity contribution in [2.45, 2.75) is 13.8 Å². The third-order valence-electron chi connectivity index (χ3n) is 6.09. The summed E-state index contributed by atoms with van der Waals surface area (Å²) < 4.78 is 2.59. The van der Waals surface area contributed by atoms with E-state index in [1.165, 1.54) is 46.9 Å². The summed E-state index contributed by atoms with van der Waals surface area (Å²) in [5.74, 6) is 1.89. The molecular formula is C26H18N4S2. The molecule has 32 heavy (non-hydrogen) atoms. The van der Waals surface area contributed by atoms with E-state index in [0.29, 0.717) is 0 Å².